The highest BCUT2D eigenvalue weighted by Gasteiger charge is 2.20. The molecule has 1 N–H and O–H groups in total. The van der Waals surface area contributed by atoms with E-state index in [1.807, 2.05) is 6.92 Å². The van der Waals surface area contributed by atoms with Crippen LogP contribution < -0.4 is 4.74 Å². The maximum Gasteiger partial charge on any atom is 0.359 e. The molecule has 0 atom stereocenters. The molecule has 1 heterocycles. The van der Waals surface area contributed by atoms with Crippen LogP contribution in [0.5, 0.6) is 5.75 Å². The van der Waals surface area contributed by atoms with Gasteiger partial charge in [0, 0.05) is 5.56 Å². The van der Waals surface area contributed by atoms with Crippen LogP contribution in [0.2, 0.25) is 0 Å². The maximum absolute atomic E-state index is 10.8. The molecule has 5 nitrogen and oxygen atoms in total. The topological polar surface area (TPSA) is 72.6 Å². The van der Waals surface area contributed by atoms with E-state index >= 15 is 0 Å². The lowest BCUT2D eigenvalue weighted by molar-refractivity contribution is 0.0685. The van der Waals surface area contributed by atoms with E-state index in [4.69, 9.17) is 14.4 Å². The fourth-order valence-electron chi connectivity index (χ4n) is 1.46. The predicted octanol–water partition coefficient (Wildman–Crippen LogP) is 3.20. The molecule has 2 aromatic rings. The van der Waals surface area contributed by atoms with Gasteiger partial charge < -0.3 is 14.4 Å². The molecule has 0 radical (unpaired) electrons. The van der Waals surface area contributed by atoms with Gasteiger partial charge in [-0.25, -0.2) is 4.79 Å². The molecule has 0 bridgehead atoms. The number of hydrogen-bond acceptors (Lipinski definition) is 4. The lowest BCUT2D eigenvalue weighted by atomic mass is 10.1. The van der Waals surface area contributed by atoms with E-state index in [0.29, 0.717) is 16.8 Å². The van der Waals surface area contributed by atoms with Gasteiger partial charge in [0.2, 0.25) is 5.69 Å². The Labute approximate surface area is 111 Å². The van der Waals surface area contributed by atoms with Crippen molar-refractivity contribution >= 4 is 21.9 Å². The first-order valence-electron chi connectivity index (χ1n) is 5.25. The van der Waals surface area contributed by atoms with Crippen LogP contribution in [0.15, 0.2) is 33.3 Å². The minimum absolute atomic E-state index is 0.140. The van der Waals surface area contributed by atoms with E-state index in [1.54, 1.807) is 24.3 Å². The largest absolute Gasteiger partial charge is 0.494 e. The third-order valence-corrected chi connectivity index (χ3v) is 3.00. The Morgan fingerprint density at radius 3 is 2.61 bits per heavy atom. The third kappa shape index (κ3) is 2.38. The van der Waals surface area contributed by atoms with E-state index in [9.17, 15) is 4.79 Å². The third-order valence-electron chi connectivity index (χ3n) is 2.27. The number of halogens is 1. The standard InChI is InChI=1S/C12H10BrNO4/c1-2-17-8-5-3-7(4-6-8)11-9(13)10(12(15)16)14-18-11/h3-6H,2H2,1H3,(H,15,16). The van der Waals surface area contributed by atoms with E-state index < -0.39 is 5.97 Å². The Bertz CT molecular complexity index is 562. The van der Waals surface area contributed by atoms with Gasteiger partial charge in [0.15, 0.2) is 5.76 Å². The molecule has 0 spiro atoms. The second-order valence-corrected chi connectivity index (χ2v) is 4.23. The molecule has 0 saturated heterocycles. The van der Waals surface area contributed by atoms with Gasteiger partial charge in [-0.15, -0.1) is 0 Å². The highest BCUT2D eigenvalue weighted by molar-refractivity contribution is 9.10. The van der Waals surface area contributed by atoms with Crippen molar-refractivity contribution in [1.29, 1.82) is 0 Å². The smallest absolute Gasteiger partial charge is 0.359 e. The number of ether oxygens (including phenoxy) is 1. The molecule has 0 saturated carbocycles. The average Bonchev–Trinajstić information content (AvgIpc) is 2.73. The molecular formula is C12H10BrNO4. The number of benzene rings is 1. The zero-order valence-corrected chi connectivity index (χ0v) is 11.1. The zero-order chi connectivity index (χ0) is 13.1. The molecule has 18 heavy (non-hydrogen) atoms. The Kier molecular flexibility index (Phi) is 3.66. The monoisotopic (exact) mass is 311 g/mol. The zero-order valence-electron chi connectivity index (χ0n) is 9.51. The average molecular weight is 312 g/mol. The second kappa shape index (κ2) is 5.22. The van der Waals surface area contributed by atoms with Crippen LogP contribution in [0.4, 0.5) is 0 Å². The number of nitrogens with zero attached hydrogens (tertiary/aromatic N) is 1. The Morgan fingerprint density at radius 1 is 1.44 bits per heavy atom. The van der Waals surface area contributed by atoms with Crippen LogP contribution in [0.25, 0.3) is 11.3 Å². The van der Waals surface area contributed by atoms with Gasteiger partial charge in [-0.1, -0.05) is 5.16 Å². The lowest BCUT2D eigenvalue weighted by Gasteiger charge is -2.03. The first kappa shape index (κ1) is 12.6. The molecule has 1 aromatic carbocycles. The maximum atomic E-state index is 10.8. The van der Waals surface area contributed by atoms with Crippen molar-refractivity contribution < 1.29 is 19.2 Å². The molecule has 94 valence electrons. The van der Waals surface area contributed by atoms with Gasteiger partial charge >= 0.3 is 5.97 Å². The molecular weight excluding hydrogens is 302 g/mol. The minimum atomic E-state index is -1.14. The molecule has 0 aliphatic carbocycles. The van der Waals surface area contributed by atoms with Crippen molar-refractivity contribution in [2.24, 2.45) is 0 Å². The summed E-state index contributed by atoms with van der Waals surface area (Å²) in [6.07, 6.45) is 0. The number of aromatic nitrogens is 1. The van der Waals surface area contributed by atoms with Crippen LogP contribution in [-0.4, -0.2) is 22.8 Å². The molecule has 2 rings (SSSR count). The van der Waals surface area contributed by atoms with E-state index in [-0.39, 0.29) is 5.69 Å². The Balaban J connectivity index is 2.34. The van der Waals surface area contributed by atoms with E-state index in [2.05, 4.69) is 21.1 Å². The predicted molar refractivity (Wildman–Crippen MR) is 67.8 cm³/mol. The van der Waals surface area contributed by atoms with Gasteiger partial charge in [0.1, 0.15) is 10.2 Å². The van der Waals surface area contributed by atoms with Crippen molar-refractivity contribution in [3.05, 3.63) is 34.4 Å². The first-order chi connectivity index (χ1) is 8.63. The van der Waals surface area contributed by atoms with Crippen LogP contribution in [0.1, 0.15) is 17.4 Å². The number of carboxylic acid groups (broad SMARTS) is 1. The number of carbonyl (C=O) groups is 1. The van der Waals surface area contributed by atoms with Gasteiger partial charge in [0.25, 0.3) is 0 Å². The number of aromatic carboxylic acids is 1. The first-order valence-corrected chi connectivity index (χ1v) is 6.04. The van der Waals surface area contributed by atoms with Gasteiger partial charge in [-0.2, -0.15) is 0 Å². The van der Waals surface area contributed by atoms with Gasteiger partial charge in [-0.05, 0) is 47.1 Å². The number of carboxylic acids is 1. The summed E-state index contributed by atoms with van der Waals surface area (Å²) in [6.45, 7) is 2.49. The van der Waals surface area contributed by atoms with Crippen molar-refractivity contribution in [2.75, 3.05) is 6.61 Å². The SMILES string of the molecule is CCOc1ccc(-c2onc(C(=O)O)c2Br)cc1. The highest BCUT2D eigenvalue weighted by atomic mass is 79.9. The van der Waals surface area contributed by atoms with Crippen molar-refractivity contribution in [1.82, 2.24) is 5.16 Å². The van der Waals surface area contributed by atoms with Crippen molar-refractivity contribution in [3.8, 4) is 17.1 Å². The van der Waals surface area contributed by atoms with Crippen molar-refractivity contribution in [2.45, 2.75) is 6.92 Å². The number of hydrogen-bond donors (Lipinski definition) is 1. The van der Waals surface area contributed by atoms with Gasteiger partial charge in [0.05, 0.1) is 6.61 Å². The fraction of sp³-hybridized carbons (Fsp3) is 0.167. The molecule has 0 amide bonds. The summed E-state index contributed by atoms with van der Waals surface area (Å²) in [5, 5.41) is 12.4. The van der Waals surface area contributed by atoms with Crippen molar-refractivity contribution in [3.63, 3.8) is 0 Å². The summed E-state index contributed by atoms with van der Waals surface area (Å²) in [5.74, 6) is -0.00592. The normalized spacial score (nSPS) is 10.3. The molecule has 6 heteroatoms. The summed E-state index contributed by atoms with van der Waals surface area (Å²) >= 11 is 3.17. The highest BCUT2D eigenvalue weighted by Crippen LogP contribution is 2.32. The second-order valence-electron chi connectivity index (χ2n) is 3.44. The Hall–Kier alpha value is -1.82. The van der Waals surface area contributed by atoms with E-state index in [0.717, 1.165) is 11.3 Å². The summed E-state index contributed by atoms with van der Waals surface area (Å²) in [7, 11) is 0. The van der Waals surface area contributed by atoms with Crippen LogP contribution in [0, 0.1) is 0 Å². The van der Waals surface area contributed by atoms with Crippen LogP contribution in [0.3, 0.4) is 0 Å². The summed E-state index contributed by atoms with van der Waals surface area (Å²) in [5.41, 5.74) is 0.587. The summed E-state index contributed by atoms with van der Waals surface area (Å²) in [4.78, 5) is 10.8. The lowest BCUT2D eigenvalue weighted by Crippen LogP contribution is -1.96. The molecule has 0 aliphatic rings. The van der Waals surface area contributed by atoms with Crippen LogP contribution >= 0.6 is 15.9 Å². The van der Waals surface area contributed by atoms with E-state index in [1.165, 1.54) is 0 Å². The van der Waals surface area contributed by atoms with Gasteiger partial charge in [-0.3, -0.25) is 0 Å². The summed E-state index contributed by atoms with van der Waals surface area (Å²) < 4.78 is 10.7. The molecule has 0 fully saturated rings. The molecule has 0 aliphatic heterocycles. The molecule has 0 unspecified atom stereocenters. The fourth-order valence-corrected chi connectivity index (χ4v) is 2.00. The van der Waals surface area contributed by atoms with Crippen LogP contribution in [-0.2, 0) is 0 Å². The molecule has 1 aromatic heterocycles. The number of rotatable bonds is 4. The Morgan fingerprint density at radius 2 is 2.11 bits per heavy atom. The quantitative estimate of drug-likeness (QED) is 0.938. The minimum Gasteiger partial charge on any atom is -0.494 e. The summed E-state index contributed by atoms with van der Waals surface area (Å²) in [6, 6.07) is 7.13.